The first-order chi connectivity index (χ1) is 10.3. The molecule has 22 heavy (non-hydrogen) atoms. The van der Waals surface area contributed by atoms with E-state index in [4.69, 9.17) is 5.11 Å². The van der Waals surface area contributed by atoms with Crippen molar-refractivity contribution >= 4 is 27.8 Å². The third-order valence-corrected chi connectivity index (χ3v) is 5.13. The second-order valence-corrected chi connectivity index (χ2v) is 6.81. The zero-order valence-corrected chi connectivity index (χ0v) is 11.7. The fraction of sp³-hybridized carbons (Fsp3) is 0.154. The van der Waals surface area contributed by atoms with E-state index in [-0.39, 0.29) is 5.57 Å². The Morgan fingerprint density at radius 2 is 2.18 bits per heavy atom. The largest absolute Gasteiger partial charge is 0.476 e. The van der Waals surface area contributed by atoms with Crippen molar-refractivity contribution in [3.8, 4) is 0 Å². The Balaban J connectivity index is 2.10. The van der Waals surface area contributed by atoms with E-state index in [9.17, 15) is 22.4 Å². The predicted octanol–water partition coefficient (Wildman–Crippen LogP) is 0.327. The van der Waals surface area contributed by atoms with Gasteiger partial charge in [-0.25, -0.2) is 17.6 Å². The number of rotatable bonds is 2. The molecule has 0 aliphatic carbocycles. The van der Waals surface area contributed by atoms with Crippen LogP contribution >= 0.6 is 0 Å². The number of nitrogens with zero attached hydrogens (tertiary/aromatic N) is 2. The number of pyridine rings is 1. The van der Waals surface area contributed by atoms with Crippen molar-refractivity contribution < 1.29 is 27.5 Å². The number of β-lactam (4-membered cyclic amide) rings is 1. The molecule has 1 atom stereocenters. The van der Waals surface area contributed by atoms with Crippen LogP contribution in [-0.2, 0) is 19.4 Å². The fourth-order valence-electron chi connectivity index (χ4n) is 2.42. The number of halogens is 1. The van der Waals surface area contributed by atoms with E-state index < -0.39 is 44.4 Å². The van der Waals surface area contributed by atoms with Gasteiger partial charge in [0, 0.05) is 6.20 Å². The normalized spacial score (nSPS) is 25.0. The van der Waals surface area contributed by atoms with Crippen LogP contribution in [0.3, 0.4) is 0 Å². The van der Waals surface area contributed by atoms with Gasteiger partial charge in [0.1, 0.15) is 11.6 Å². The summed E-state index contributed by atoms with van der Waals surface area (Å²) in [6, 6.07) is 4.86. The molecular weight excluding hydrogens is 315 g/mol. The molecule has 1 fully saturated rings. The summed E-state index contributed by atoms with van der Waals surface area (Å²) in [5.74, 6) is -4.91. The summed E-state index contributed by atoms with van der Waals surface area (Å²) in [5, 5.41) is 7.50. The van der Waals surface area contributed by atoms with Gasteiger partial charge in [-0.15, -0.1) is 0 Å². The topological polar surface area (TPSA) is 105 Å². The number of aliphatic carboxylic acids is 1. The molecule has 0 unspecified atom stereocenters. The molecule has 0 spiro atoms. The van der Waals surface area contributed by atoms with E-state index in [0.717, 1.165) is 0 Å². The Bertz CT molecular complexity index is 844. The van der Waals surface area contributed by atoms with Gasteiger partial charge in [0.05, 0.1) is 11.3 Å². The number of carbonyl (C=O) groups is 2. The monoisotopic (exact) mass is 324 g/mol. The van der Waals surface area contributed by atoms with Crippen molar-refractivity contribution in [2.45, 2.75) is 5.37 Å². The molecule has 1 amide bonds. The lowest BCUT2D eigenvalue weighted by Gasteiger charge is -2.44. The molecule has 0 aromatic carbocycles. The number of aromatic nitrogens is 1. The molecule has 1 aromatic heterocycles. The van der Waals surface area contributed by atoms with Crippen molar-refractivity contribution in [1.82, 2.24) is 9.88 Å². The van der Waals surface area contributed by atoms with E-state index in [0.29, 0.717) is 10.6 Å². The Kier molecular flexibility index (Phi) is 3.10. The highest BCUT2D eigenvalue weighted by atomic mass is 32.2. The lowest BCUT2D eigenvalue weighted by Crippen LogP contribution is -2.61. The van der Waals surface area contributed by atoms with Gasteiger partial charge in [0.2, 0.25) is 0 Å². The highest BCUT2D eigenvalue weighted by Gasteiger charge is 2.57. The molecule has 1 saturated heterocycles. The summed E-state index contributed by atoms with van der Waals surface area (Å²) in [6.07, 6.45) is 2.73. The molecule has 3 rings (SSSR count). The molecular formula is C13H9FN2O5S. The first kappa shape index (κ1) is 14.4. The maximum Gasteiger partial charge on any atom is 0.355 e. The van der Waals surface area contributed by atoms with Gasteiger partial charge in [-0.1, -0.05) is 6.07 Å². The molecule has 0 bridgehead atoms. The highest BCUT2D eigenvalue weighted by Crippen LogP contribution is 2.40. The molecule has 3 heterocycles. The van der Waals surface area contributed by atoms with Crippen molar-refractivity contribution in [2.75, 3.05) is 5.75 Å². The summed E-state index contributed by atoms with van der Waals surface area (Å²) < 4.78 is 37.8. The number of amides is 1. The number of hydrogen-bond donors (Lipinski definition) is 1. The number of carboxylic acids is 1. The Morgan fingerprint density at radius 1 is 1.45 bits per heavy atom. The molecule has 2 aliphatic rings. The van der Waals surface area contributed by atoms with Gasteiger partial charge in [0.15, 0.2) is 20.9 Å². The van der Waals surface area contributed by atoms with Gasteiger partial charge in [-0.2, -0.15) is 0 Å². The van der Waals surface area contributed by atoms with Crippen LogP contribution in [-0.4, -0.2) is 46.4 Å². The van der Waals surface area contributed by atoms with Crippen LogP contribution in [0.1, 0.15) is 5.69 Å². The van der Waals surface area contributed by atoms with E-state index in [2.05, 4.69) is 4.98 Å². The molecule has 1 aromatic rings. The van der Waals surface area contributed by atoms with Crippen LogP contribution < -0.4 is 0 Å². The number of carboxylic acid groups (broad SMARTS) is 1. The van der Waals surface area contributed by atoms with Gasteiger partial charge in [-0.05, 0) is 18.2 Å². The van der Waals surface area contributed by atoms with Crippen LogP contribution in [0.4, 0.5) is 4.39 Å². The van der Waals surface area contributed by atoms with Crippen LogP contribution in [0.2, 0.25) is 0 Å². The quantitative estimate of drug-likeness (QED) is 0.621. The van der Waals surface area contributed by atoms with Gasteiger partial charge < -0.3 is 5.11 Å². The average molecular weight is 324 g/mol. The Morgan fingerprint density at radius 3 is 2.77 bits per heavy atom. The number of carbonyl (C=O) groups excluding carboxylic acids is 1. The molecule has 0 radical (unpaired) electrons. The average Bonchev–Trinajstić information content (AvgIpc) is 2.44. The number of sulfone groups is 1. The van der Waals surface area contributed by atoms with Crippen LogP contribution in [0, 0.1) is 0 Å². The summed E-state index contributed by atoms with van der Waals surface area (Å²) >= 11 is 0. The number of hydrogen-bond acceptors (Lipinski definition) is 5. The maximum absolute atomic E-state index is 13.7. The first-order valence-corrected chi connectivity index (χ1v) is 7.84. The second-order valence-electron chi connectivity index (χ2n) is 4.75. The molecule has 2 aliphatic heterocycles. The van der Waals surface area contributed by atoms with E-state index >= 15 is 0 Å². The van der Waals surface area contributed by atoms with Crippen molar-refractivity contribution in [2.24, 2.45) is 0 Å². The maximum atomic E-state index is 13.7. The molecule has 7 nitrogen and oxygen atoms in total. The zero-order chi connectivity index (χ0) is 16.1. The molecule has 0 saturated carbocycles. The highest BCUT2D eigenvalue weighted by molar-refractivity contribution is 7.92. The van der Waals surface area contributed by atoms with Gasteiger partial charge in [0.25, 0.3) is 5.91 Å². The van der Waals surface area contributed by atoms with Crippen LogP contribution in [0.25, 0.3) is 6.08 Å². The minimum Gasteiger partial charge on any atom is -0.476 e. The van der Waals surface area contributed by atoms with E-state index in [1.54, 1.807) is 18.2 Å². The Hall–Kier alpha value is -2.55. The zero-order valence-electron chi connectivity index (χ0n) is 10.9. The van der Waals surface area contributed by atoms with E-state index in [1.165, 1.54) is 12.3 Å². The minimum atomic E-state index is -4.03. The smallest absolute Gasteiger partial charge is 0.355 e. The summed E-state index contributed by atoms with van der Waals surface area (Å²) in [6.45, 7) is 0. The number of fused-ring (bicyclic) bond motifs is 1. The Labute approximate surface area is 124 Å². The summed E-state index contributed by atoms with van der Waals surface area (Å²) in [5.41, 5.74) is -0.680. The van der Waals surface area contributed by atoms with Crippen molar-refractivity contribution in [3.05, 3.63) is 47.2 Å². The van der Waals surface area contributed by atoms with Crippen molar-refractivity contribution in [3.63, 3.8) is 0 Å². The standard InChI is InChI=1S/C13H9FN2O5S/c14-9-6-22(20,21)12-8(5-7-3-1-2-4-15-7)11(17)16(12)10(9)13(18)19/h1-5,12H,6H2,(H,18,19)/b8-5+/t12-/m1/s1. The lowest BCUT2D eigenvalue weighted by molar-refractivity contribution is -0.142. The van der Waals surface area contributed by atoms with Gasteiger partial charge in [-0.3, -0.25) is 14.7 Å². The molecule has 114 valence electrons. The molecule has 9 heteroatoms. The predicted molar refractivity (Wildman–Crippen MR) is 72.4 cm³/mol. The second kappa shape index (κ2) is 4.73. The van der Waals surface area contributed by atoms with Crippen molar-refractivity contribution in [1.29, 1.82) is 0 Å². The summed E-state index contributed by atoms with van der Waals surface area (Å²) in [7, 11) is -4.03. The lowest BCUT2D eigenvalue weighted by atomic mass is 10.0. The minimum absolute atomic E-state index is 0.120. The molecule has 1 N–H and O–H groups in total. The fourth-order valence-corrected chi connectivity index (χ4v) is 4.15. The first-order valence-electron chi connectivity index (χ1n) is 6.12. The van der Waals surface area contributed by atoms with Crippen LogP contribution in [0.15, 0.2) is 41.5 Å². The third kappa shape index (κ3) is 2.01. The summed E-state index contributed by atoms with van der Waals surface area (Å²) in [4.78, 5) is 27.5. The van der Waals surface area contributed by atoms with E-state index in [1.807, 2.05) is 0 Å². The SMILES string of the molecule is O=C(O)C1=C(F)CS(=O)(=O)[C@@H]2/C(=C/c3ccccn3)C(=O)N12. The van der Waals surface area contributed by atoms with Crippen LogP contribution in [0.5, 0.6) is 0 Å². The van der Waals surface area contributed by atoms with Gasteiger partial charge >= 0.3 is 5.97 Å². The third-order valence-electron chi connectivity index (χ3n) is 3.33.